The molecule has 1 aromatic heterocycles. The number of unbranched alkanes of at least 4 members (excludes halogenated alkanes) is 3. The van der Waals surface area contributed by atoms with E-state index >= 15 is 0 Å². The van der Waals surface area contributed by atoms with E-state index in [1.165, 1.54) is 19.3 Å². The molecule has 0 fully saturated rings. The van der Waals surface area contributed by atoms with Gasteiger partial charge >= 0.3 is 5.97 Å². The molecule has 0 aliphatic rings. The van der Waals surface area contributed by atoms with Gasteiger partial charge < -0.3 is 9.67 Å². The number of rotatable bonds is 6. The van der Waals surface area contributed by atoms with Crippen molar-refractivity contribution in [3.63, 3.8) is 0 Å². The molecule has 0 spiro atoms. The van der Waals surface area contributed by atoms with E-state index in [0.29, 0.717) is 5.56 Å². The van der Waals surface area contributed by atoms with Gasteiger partial charge in [-0.05, 0) is 24.6 Å². The molecule has 0 unspecified atom stereocenters. The van der Waals surface area contributed by atoms with Crippen LogP contribution in [0.3, 0.4) is 0 Å². The zero-order valence-corrected chi connectivity index (χ0v) is 10.6. The quantitative estimate of drug-likeness (QED) is 0.795. The first-order valence-electron chi connectivity index (χ1n) is 6.40. The molecule has 2 aromatic rings. The molecule has 0 saturated heterocycles. The second kappa shape index (κ2) is 5.67. The van der Waals surface area contributed by atoms with Crippen LogP contribution in [0.1, 0.15) is 43.0 Å². The van der Waals surface area contributed by atoms with Crippen LogP contribution in [0.15, 0.2) is 24.5 Å². The average molecular weight is 246 g/mol. The number of hydrogen-bond acceptors (Lipinski definition) is 2. The first-order chi connectivity index (χ1) is 8.72. The third kappa shape index (κ3) is 2.70. The summed E-state index contributed by atoms with van der Waals surface area (Å²) in [5.74, 6) is -0.893. The number of aromatic carboxylic acids is 1. The van der Waals surface area contributed by atoms with Crippen LogP contribution in [-0.2, 0) is 6.54 Å². The van der Waals surface area contributed by atoms with Crippen molar-refractivity contribution >= 4 is 17.0 Å². The van der Waals surface area contributed by atoms with Gasteiger partial charge in [-0.3, -0.25) is 0 Å². The number of benzene rings is 1. The molecule has 0 atom stereocenters. The van der Waals surface area contributed by atoms with Crippen molar-refractivity contribution in [2.75, 3.05) is 0 Å². The zero-order valence-electron chi connectivity index (χ0n) is 10.6. The molecule has 0 aliphatic heterocycles. The summed E-state index contributed by atoms with van der Waals surface area (Å²) < 4.78 is 2.04. The molecule has 0 aliphatic carbocycles. The Bertz CT molecular complexity index is 546. The van der Waals surface area contributed by atoms with Crippen LogP contribution in [0.4, 0.5) is 0 Å². The van der Waals surface area contributed by atoms with Gasteiger partial charge in [0.1, 0.15) is 0 Å². The first-order valence-corrected chi connectivity index (χ1v) is 6.40. The molecule has 0 amide bonds. The number of aromatic nitrogens is 2. The minimum atomic E-state index is -0.893. The smallest absolute Gasteiger partial charge is 0.335 e. The highest BCUT2D eigenvalue weighted by Gasteiger charge is 2.07. The summed E-state index contributed by atoms with van der Waals surface area (Å²) in [6.45, 7) is 3.09. The number of aryl methyl sites for hydroxylation is 1. The van der Waals surface area contributed by atoms with Crippen LogP contribution in [0.25, 0.3) is 11.0 Å². The number of carboxylic acids is 1. The number of fused-ring (bicyclic) bond motifs is 1. The number of carboxylic acid groups (broad SMARTS) is 1. The van der Waals surface area contributed by atoms with Crippen molar-refractivity contribution in [3.8, 4) is 0 Å². The van der Waals surface area contributed by atoms with Gasteiger partial charge in [0.15, 0.2) is 0 Å². The topological polar surface area (TPSA) is 55.1 Å². The molecule has 1 heterocycles. The lowest BCUT2D eigenvalue weighted by Crippen LogP contribution is -1.99. The Hall–Kier alpha value is -1.84. The molecule has 4 heteroatoms. The molecule has 2 rings (SSSR count). The highest BCUT2D eigenvalue weighted by atomic mass is 16.4. The molecular formula is C14H18N2O2. The first kappa shape index (κ1) is 12.6. The monoisotopic (exact) mass is 246 g/mol. The fourth-order valence-electron chi connectivity index (χ4n) is 2.08. The Labute approximate surface area is 106 Å². The molecular weight excluding hydrogens is 228 g/mol. The number of carbonyl (C=O) groups is 1. The van der Waals surface area contributed by atoms with Crippen LogP contribution in [0, 0.1) is 0 Å². The molecule has 1 aromatic carbocycles. The van der Waals surface area contributed by atoms with Crippen molar-refractivity contribution in [2.45, 2.75) is 39.2 Å². The van der Waals surface area contributed by atoms with E-state index in [2.05, 4.69) is 11.9 Å². The zero-order chi connectivity index (χ0) is 13.0. The molecule has 96 valence electrons. The summed E-state index contributed by atoms with van der Waals surface area (Å²) >= 11 is 0. The Morgan fingerprint density at radius 3 is 2.89 bits per heavy atom. The van der Waals surface area contributed by atoms with Crippen molar-refractivity contribution in [1.29, 1.82) is 0 Å². The SMILES string of the molecule is CCCCCCn1cnc2ccc(C(=O)O)cc21. The van der Waals surface area contributed by atoms with Crippen LogP contribution in [0.2, 0.25) is 0 Å². The van der Waals surface area contributed by atoms with Gasteiger partial charge in [-0.25, -0.2) is 9.78 Å². The predicted molar refractivity (Wildman–Crippen MR) is 70.8 cm³/mol. The molecule has 4 nitrogen and oxygen atoms in total. The van der Waals surface area contributed by atoms with E-state index in [4.69, 9.17) is 5.11 Å². The average Bonchev–Trinajstić information content (AvgIpc) is 2.77. The van der Waals surface area contributed by atoms with Crippen molar-refractivity contribution in [2.24, 2.45) is 0 Å². The minimum Gasteiger partial charge on any atom is -0.478 e. The maximum absolute atomic E-state index is 10.9. The van der Waals surface area contributed by atoms with Crippen LogP contribution < -0.4 is 0 Å². The Balaban J connectivity index is 2.17. The highest BCUT2D eigenvalue weighted by Crippen LogP contribution is 2.16. The van der Waals surface area contributed by atoms with E-state index < -0.39 is 5.97 Å². The van der Waals surface area contributed by atoms with E-state index in [1.54, 1.807) is 24.5 Å². The summed E-state index contributed by atoms with van der Waals surface area (Å²) in [4.78, 5) is 15.2. The maximum atomic E-state index is 10.9. The van der Waals surface area contributed by atoms with Gasteiger partial charge in [-0.2, -0.15) is 0 Å². The summed E-state index contributed by atoms with van der Waals surface area (Å²) in [6, 6.07) is 5.06. The van der Waals surface area contributed by atoms with Crippen LogP contribution in [-0.4, -0.2) is 20.6 Å². The van der Waals surface area contributed by atoms with E-state index in [9.17, 15) is 4.79 Å². The van der Waals surface area contributed by atoms with E-state index in [0.717, 1.165) is 24.0 Å². The van der Waals surface area contributed by atoms with Gasteiger partial charge in [0.05, 0.1) is 22.9 Å². The number of nitrogens with zero attached hydrogens (tertiary/aromatic N) is 2. The van der Waals surface area contributed by atoms with Crippen LogP contribution >= 0.6 is 0 Å². The second-order valence-electron chi connectivity index (χ2n) is 4.51. The molecule has 18 heavy (non-hydrogen) atoms. The normalized spacial score (nSPS) is 10.9. The lowest BCUT2D eigenvalue weighted by atomic mass is 10.2. The number of imidazole rings is 1. The predicted octanol–water partition coefficient (Wildman–Crippen LogP) is 3.31. The Morgan fingerprint density at radius 1 is 1.33 bits per heavy atom. The van der Waals surface area contributed by atoms with Gasteiger partial charge in [-0.15, -0.1) is 0 Å². The summed E-state index contributed by atoms with van der Waals surface area (Å²) in [5.41, 5.74) is 2.08. The third-order valence-electron chi connectivity index (χ3n) is 3.12. The fourth-order valence-corrected chi connectivity index (χ4v) is 2.08. The van der Waals surface area contributed by atoms with Crippen LogP contribution in [0.5, 0.6) is 0 Å². The minimum absolute atomic E-state index is 0.317. The van der Waals surface area contributed by atoms with Crippen molar-refractivity contribution in [1.82, 2.24) is 9.55 Å². The largest absolute Gasteiger partial charge is 0.478 e. The Kier molecular flexibility index (Phi) is 3.97. The lowest BCUT2D eigenvalue weighted by molar-refractivity contribution is 0.0697. The van der Waals surface area contributed by atoms with Crippen molar-refractivity contribution in [3.05, 3.63) is 30.1 Å². The fraction of sp³-hybridized carbons (Fsp3) is 0.429. The highest BCUT2D eigenvalue weighted by molar-refractivity contribution is 5.92. The molecule has 0 bridgehead atoms. The molecule has 0 saturated carbocycles. The molecule has 0 radical (unpaired) electrons. The standard InChI is InChI=1S/C14H18N2O2/c1-2-3-4-5-8-16-10-15-12-7-6-11(14(17)18)9-13(12)16/h6-7,9-10H,2-5,8H2,1H3,(H,17,18). The van der Waals surface area contributed by atoms with E-state index in [1.807, 2.05) is 4.57 Å². The van der Waals surface area contributed by atoms with E-state index in [-0.39, 0.29) is 0 Å². The summed E-state index contributed by atoms with van der Waals surface area (Å²) in [5, 5.41) is 8.99. The third-order valence-corrected chi connectivity index (χ3v) is 3.12. The van der Waals surface area contributed by atoms with Crippen molar-refractivity contribution < 1.29 is 9.90 Å². The van der Waals surface area contributed by atoms with Gasteiger partial charge in [0.25, 0.3) is 0 Å². The number of hydrogen-bond donors (Lipinski definition) is 1. The lowest BCUT2D eigenvalue weighted by Gasteiger charge is -2.04. The summed E-state index contributed by atoms with van der Waals surface area (Å²) in [6.07, 6.45) is 6.56. The molecule has 1 N–H and O–H groups in total. The van der Waals surface area contributed by atoms with Gasteiger partial charge in [0.2, 0.25) is 0 Å². The Morgan fingerprint density at radius 2 is 2.17 bits per heavy atom. The van der Waals surface area contributed by atoms with Gasteiger partial charge in [0, 0.05) is 6.54 Å². The summed E-state index contributed by atoms with van der Waals surface area (Å²) in [7, 11) is 0. The second-order valence-corrected chi connectivity index (χ2v) is 4.51. The van der Waals surface area contributed by atoms with Gasteiger partial charge in [-0.1, -0.05) is 26.2 Å². The maximum Gasteiger partial charge on any atom is 0.335 e.